The van der Waals surface area contributed by atoms with Crippen LogP contribution in [0.5, 0.6) is 0 Å². The van der Waals surface area contributed by atoms with E-state index >= 15 is 0 Å². The molecule has 9 heteroatoms. The van der Waals surface area contributed by atoms with Gasteiger partial charge in [0.25, 0.3) is 0 Å². The van der Waals surface area contributed by atoms with Crippen LogP contribution < -0.4 is 14.6 Å². The fraction of sp³-hybridized carbons (Fsp3) is 1.00. The maximum absolute atomic E-state index is 5.51. The van der Waals surface area contributed by atoms with Crippen LogP contribution in [0.3, 0.4) is 0 Å². The van der Waals surface area contributed by atoms with E-state index in [-0.39, 0.29) is 0 Å². The van der Waals surface area contributed by atoms with E-state index < -0.39 is 8.45 Å². The van der Waals surface area contributed by atoms with E-state index in [1.54, 1.807) is 7.11 Å². The lowest BCUT2D eigenvalue weighted by atomic mass is 10.7. The summed E-state index contributed by atoms with van der Waals surface area (Å²) in [5, 5.41) is 0. The zero-order valence-corrected chi connectivity index (χ0v) is 10.9. The van der Waals surface area contributed by atoms with E-state index in [0.717, 1.165) is 0 Å². The molecule has 14 heavy (non-hydrogen) atoms. The van der Waals surface area contributed by atoms with Crippen LogP contribution in [0.25, 0.3) is 0 Å². The summed E-state index contributed by atoms with van der Waals surface area (Å²) >= 11 is 0. The summed E-state index contributed by atoms with van der Waals surface area (Å²) < 4.78 is 15.6. The van der Waals surface area contributed by atoms with Crippen molar-refractivity contribution in [3.63, 3.8) is 0 Å². The summed E-state index contributed by atoms with van der Waals surface area (Å²) in [5.41, 5.74) is 0. The van der Waals surface area contributed by atoms with Crippen molar-refractivity contribution in [2.24, 2.45) is 0 Å². The van der Waals surface area contributed by atoms with Gasteiger partial charge >= 0.3 is 0 Å². The lowest BCUT2D eigenvalue weighted by Crippen LogP contribution is -2.19. The minimum atomic E-state index is -0.645. The molecule has 0 aromatic rings. The van der Waals surface area contributed by atoms with E-state index in [2.05, 4.69) is 14.6 Å². The third kappa shape index (κ3) is 6.52. The van der Waals surface area contributed by atoms with Crippen LogP contribution >= 0.6 is 26.2 Å². The molecule has 1 saturated heterocycles. The molecule has 2 atom stereocenters. The highest BCUT2D eigenvalue weighted by Gasteiger charge is 2.11. The predicted octanol–water partition coefficient (Wildman–Crippen LogP) is 0.692. The highest BCUT2D eigenvalue weighted by atomic mass is 31.2. The van der Waals surface area contributed by atoms with Gasteiger partial charge in [-0.2, -0.15) is 0 Å². The monoisotopic (exact) mass is 259 g/mol. The van der Waals surface area contributed by atoms with E-state index in [9.17, 15) is 0 Å². The molecule has 0 aromatic carbocycles. The first-order chi connectivity index (χ1) is 6.93. The molecule has 1 fully saturated rings. The molecule has 0 aromatic heterocycles. The van der Waals surface area contributed by atoms with Gasteiger partial charge in [0.15, 0.2) is 8.45 Å². The number of methoxy groups -OCH3 is 1. The molecule has 1 aliphatic heterocycles. The SMILES string of the molecule is COCCOCCOP1NPNPN1. The van der Waals surface area contributed by atoms with Crippen LogP contribution in [-0.2, 0) is 14.0 Å². The van der Waals surface area contributed by atoms with Crippen molar-refractivity contribution in [3.05, 3.63) is 0 Å². The molecule has 0 spiro atoms. The van der Waals surface area contributed by atoms with Gasteiger partial charge in [-0.25, -0.2) is 9.72 Å². The Labute approximate surface area is 88.9 Å². The van der Waals surface area contributed by atoms with Crippen molar-refractivity contribution in [2.45, 2.75) is 0 Å². The Hall–Kier alpha value is 1.05. The Morgan fingerprint density at radius 3 is 2.50 bits per heavy atom. The van der Waals surface area contributed by atoms with Crippen LogP contribution in [0.15, 0.2) is 0 Å². The highest BCUT2D eigenvalue weighted by Crippen LogP contribution is 2.39. The van der Waals surface area contributed by atoms with Crippen LogP contribution in [-0.4, -0.2) is 33.5 Å². The Balaban J connectivity index is 1.82. The van der Waals surface area contributed by atoms with Crippen molar-refractivity contribution in [2.75, 3.05) is 33.5 Å². The molecule has 1 rings (SSSR count). The highest BCUT2D eigenvalue weighted by molar-refractivity contribution is 7.71. The largest absolute Gasteiger partial charge is 0.382 e. The second-order valence-electron chi connectivity index (χ2n) is 2.33. The van der Waals surface area contributed by atoms with Crippen molar-refractivity contribution >= 4 is 26.2 Å². The molecule has 0 aliphatic carbocycles. The average molecular weight is 259 g/mol. The molecule has 6 nitrogen and oxygen atoms in total. The lowest BCUT2D eigenvalue weighted by molar-refractivity contribution is 0.0561. The van der Waals surface area contributed by atoms with Gasteiger partial charge in [0, 0.05) is 24.9 Å². The van der Waals surface area contributed by atoms with E-state index in [4.69, 9.17) is 14.0 Å². The number of nitrogens with one attached hydrogen (secondary N) is 3. The lowest BCUT2D eigenvalue weighted by Gasteiger charge is -2.23. The third-order valence-electron chi connectivity index (χ3n) is 1.32. The van der Waals surface area contributed by atoms with Crippen molar-refractivity contribution in [3.8, 4) is 0 Å². The summed E-state index contributed by atoms with van der Waals surface area (Å²) in [6.45, 7) is 2.50. The predicted molar refractivity (Wildman–Crippen MR) is 61.6 cm³/mol. The molecule has 0 bridgehead atoms. The summed E-state index contributed by atoms with van der Waals surface area (Å²) in [4.78, 5) is 9.55. The van der Waals surface area contributed by atoms with Gasteiger partial charge in [-0.05, 0) is 0 Å². The second kappa shape index (κ2) is 9.29. The Morgan fingerprint density at radius 1 is 1.07 bits per heavy atom. The fourth-order valence-electron chi connectivity index (χ4n) is 0.713. The van der Waals surface area contributed by atoms with E-state index in [1.165, 1.54) is 0 Å². The van der Waals surface area contributed by atoms with Gasteiger partial charge in [0.05, 0.1) is 26.4 Å². The van der Waals surface area contributed by atoms with Crippen LogP contribution in [0.4, 0.5) is 0 Å². The maximum Gasteiger partial charge on any atom is 0.191 e. The topological polar surface area (TPSA) is 63.8 Å². The minimum absolute atomic E-state index is 0.587. The number of rotatable bonds is 7. The van der Waals surface area contributed by atoms with Crippen molar-refractivity contribution in [1.82, 2.24) is 14.6 Å². The van der Waals surface area contributed by atoms with E-state index in [0.29, 0.717) is 44.2 Å². The molecule has 2 unspecified atom stereocenters. The maximum atomic E-state index is 5.51. The quantitative estimate of drug-likeness (QED) is 0.462. The normalized spacial score (nSPS) is 25.9. The summed E-state index contributed by atoms with van der Waals surface area (Å²) in [6.07, 6.45) is 0. The first-order valence-electron chi connectivity index (χ1n) is 4.19. The standard InChI is InChI=1S/C5H16N3O3P3/c1-9-2-3-10-4-5-11-14-7-12-6-13-8-14/h6-8,12-13H,2-5H2,1H3. The van der Waals surface area contributed by atoms with Gasteiger partial charge in [-0.1, -0.05) is 0 Å². The molecule has 0 amide bonds. The van der Waals surface area contributed by atoms with Gasteiger partial charge < -0.3 is 14.0 Å². The first-order valence-corrected chi connectivity index (χ1v) is 7.45. The molecule has 1 heterocycles. The smallest absolute Gasteiger partial charge is 0.191 e. The van der Waals surface area contributed by atoms with Gasteiger partial charge in [-0.3, -0.25) is 4.86 Å². The third-order valence-corrected chi connectivity index (χ3v) is 5.28. The average Bonchev–Trinajstić information content (AvgIpc) is 2.25. The summed E-state index contributed by atoms with van der Waals surface area (Å²) in [5.74, 6) is 0. The zero-order chi connectivity index (χ0) is 10.1. The number of ether oxygens (including phenoxy) is 2. The van der Waals surface area contributed by atoms with Crippen LogP contribution in [0.2, 0.25) is 0 Å². The molecule has 0 radical (unpaired) electrons. The van der Waals surface area contributed by atoms with Gasteiger partial charge in [-0.15, -0.1) is 0 Å². The Bertz CT molecular complexity index is 139. The van der Waals surface area contributed by atoms with E-state index in [1.807, 2.05) is 0 Å². The number of hydrogen-bond acceptors (Lipinski definition) is 6. The molecular weight excluding hydrogens is 243 g/mol. The zero-order valence-electron chi connectivity index (χ0n) is 8.00. The molecule has 1 aliphatic rings. The van der Waals surface area contributed by atoms with Crippen molar-refractivity contribution in [1.29, 1.82) is 0 Å². The minimum Gasteiger partial charge on any atom is -0.382 e. The molecule has 3 N–H and O–H groups in total. The second-order valence-corrected chi connectivity index (χ2v) is 6.47. The molecular formula is C5H16N3O3P3. The van der Waals surface area contributed by atoms with Gasteiger partial charge in [0.2, 0.25) is 0 Å². The number of hydrogen-bond donors (Lipinski definition) is 3. The first kappa shape index (κ1) is 13.1. The van der Waals surface area contributed by atoms with Gasteiger partial charge in [0.1, 0.15) is 0 Å². The fourth-order valence-corrected chi connectivity index (χ4v) is 4.73. The molecule has 84 valence electrons. The molecule has 0 saturated carbocycles. The Kier molecular flexibility index (Phi) is 8.70. The summed E-state index contributed by atoms with van der Waals surface area (Å²) in [7, 11) is 2.19. The summed E-state index contributed by atoms with van der Waals surface area (Å²) in [6, 6.07) is 0. The Morgan fingerprint density at radius 2 is 1.79 bits per heavy atom. The van der Waals surface area contributed by atoms with Crippen molar-refractivity contribution < 1.29 is 14.0 Å². The van der Waals surface area contributed by atoms with Crippen LogP contribution in [0.1, 0.15) is 0 Å². The van der Waals surface area contributed by atoms with Crippen LogP contribution in [0, 0.1) is 0 Å².